The van der Waals surface area contributed by atoms with Crippen LogP contribution in [0.5, 0.6) is 0 Å². The molecule has 0 radical (unpaired) electrons. The van der Waals surface area contributed by atoms with E-state index in [1.165, 1.54) is 0 Å². The lowest BCUT2D eigenvalue weighted by atomic mass is 10.0. The molecular formula is C25H24N2OS. The van der Waals surface area contributed by atoms with E-state index in [1.54, 1.807) is 11.8 Å². The first-order valence-electron chi connectivity index (χ1n) is 9.97. The zero-order chi connectivity index (χ0) is 20.1. The fourth-order valence-corrected chi connectivity index (χ4v) is 4.59. The van der Waals surface area contributed by atoms with Crippen molar-refractivity contribution < 1.29 is 4.79 Å². The minimum absolute atomic E-state index is 0.101. The molecule has 0 atom stereocenters. The van der Waals surface area contributed by atoms with E-state index in [2.05, 4.69) is 34.7 Å². The molecular weight excluding hydrogens is 376 g/mol. The topological polar surface area (TPSA) is 34.9 Å². The van der Waals surface area contributed by atoms with Crippen LogP contribution in [0.2, 0.25) is 0 Å². The average Bonchev–Trinajstić information content (AvgIpc) is 3.06. The van der Waals surface area contributed by atoms with Crippen molar-refractivity contribution in [1.82, 2.24) is 9.55 Å². The number of benzene rings is 2. The summed E-state index contributed by atoms with van der Waals surface area (Å²) in [4.78, 5) is 17.6. The van der Waals surface area contributed by atoms with Crippen LogP contribution in [0.3, 0.4) is 0 Å². The molecule has 4 aromatic rings. The highest BCUT2D eigenvalue weighted by molar-refractivity contribution is 7.99. The van der Waals surface area contributed by atoms with Crippen LogP contribution in [0.4, 0.5) is 0 Å². The van der Waals surface area contributed by atoms with Gasteiger partial charge in [0.2, 0.25) is 0 Å². The number of aromatic nitrogens is 2. The molecule has 0 bridgehead atoms. The van der Waals surface area contributed by atoms with Gasteiger partial charge in [0.05, 0.1) is 10.6 Å². The Balaban J connectivity index is 1.51. The number of carbonyl (C=O) groups excluding carboxylic acids is 1. The van der Waals surface area contributed by atoms with Crippen LogP contribution in [-0.2, 0) is 6.54 Å². The highest BCUT2D eigenvalue weighted by Gasteiger charge is 2.20. The van der Waals surface area contributed by atoms with Crippen molar-refractivity contribution in [1.29, 1.82) is 0 Å². The number of hydrogen-bond donors (Lipinski definition) is 0. The Morgan fingerprint density at radius 1 is 0.931 bits per heavy atom. The minimum Gasteiger partial charge on any atom is -0.344 e. The molecule has 0 N–H and O–H groups in total. The van der Waals surface area contributed by atoms with E-state index in [0.717, 1.165) is 57.9 Å². The molecule has 0 aliphatic rings. The van der Waals surface area contributed by atoms with Crippen molar-refractivity contribution in [2.75, 3.05) is 5.75 Å². The number of aryl methyl sites for hydroxylation is 1. The Labute approximate surface area is 175 Å². The van der Waals surface area contributed by atoms with Crippen molar-refractivity contribution in [2.24, 2.45) is 0 Å². The van der Waals surface area contributed by atoms with E-state index in [0.29, 0.717) is 0 Å². The highest BCUT2D eigenvalue weighted by Crippen LogP contribution is 2.28. The average molecular weight is 401 g/mol. The second-order valence-corrected chi connectivity index (χ2v) is 8.16. The van der Waals surface area contributed by atoms with Gasteiger partial charge in [0.15, 0.2) is 5.78 Å². The zero-order valence-corrected chi connectivity index (χ0v) is 17.4. The van der Waals surface area contributed by atoms with Crippen LogP contribution in [0.1, 0.15) is 34.5 Å². The fourth-order valence-electron chi connectivity index (χ4n) is 3.72. The molecule has 29 heavy (non-hydrogen) atoms. The number of unbranched alkanes of at least 4 members (excludes halogenated alkanes) is 1. The summed E-state index contributed by atoms with van der Waals surface area (Å²) in [6.45, 7) is 2.98. The molecule has 0 saturated carbocycles. The van der Waals surface area contributed by atoms with Crippen LogP contribution in [-0.4, -0.2) is 21.1 Å². The van der Waals surface area contributed by atoms with Gasteiger partial charge in [0, 0.05) is 34.9 Å². The fraction of sp³-hybridized carbons (Fsp3) is 0.200. The molecule has 0 amide bonds. The summed E-state index contributed by atoms with van der Waals surface area (Å²) < 4.78 is 2.30. The lowest BCUT2D eigenvalue weighted by Crippen LogP contribution is -2.06. The van der Waals surface area contributed by atoms with Crippen molar-refractivity contribution in [3.8, 4) is 0 Å². The SMILES string of the molecule is Cc1c(C(=O)c2ccccc2)c2ccccc2n1CCCCSc1ccccn1. The molecule has 0 saturated heterocycles. The molecule has 4 heteroatoms. The Kier molecular flexibility index (Phi) is 6.11. The van der Waals surface area contributed by atoms with Gasteiger partial charge in [-0.25, -0.2) is 4.98 Å². The van der Waals surface area contributed by atoms with Crippen molar-refractivity contribution in [2.45, 2.75) is 31.3 Å². The summed E-state index contributed by atoms with van der Waals surface area (Å²) in [5, 5.41) is 2.12. The van der Waals surface area contributed by atoms with Gasteiger partial charge in [-0.3, -0.25) is 4.79 Å². The van der Waals surface area contributed by atoms with Gasteiger partial charge in [-0.2, -0.15) is 0 Å². The van der Waals surface area contributed by atoms with Gasteiger partial charge in [-0.15, -0.1) is 11.8 Å². The van der Waals surface area contributed by atoms with Crippen molar-refractivity contribution >= 4 is 28.4 Å². The van der Waals surface area contributed by atoms with Crippen molar-refractivity contribution in [3.63, 3.8) is 0 Å². The number of nitrogens with zero attached hydrogens (tertiary/aromatic N) is 2. The van der Waals surface area contributed by atoms with Crippen LogP contribution in [0, 0.1) is 6.92 Å². The zero-order valence-electron chi connectivity index (χ0n) is 16.5. The number of rotatable bonds is 8. The van der Waals surface area contributed by atoms with E-state index >= 15 is 0 Å². The first-order valence-corrected chi connectivity index (χ1v) is 11.0. The largest absolute Gasteiger partial charge is 0.344 e. The standard InChI is InChI=1S/C25H24N2OS/c1-19-24(25(28)20-11-3-2-4-12-20)21-13-5-6-14-22(21)27(19)17-9-10-18-29-23-15-7-8-16-26-23/h2-8,11-16H,9-10,17-18H2,1H3. The maximum Gasteiger partial charge on any atom is 0.195 e. The third kappa shape index (κ3) is 4.28. The summed E-state index contributed by atoms with van der Waals surface area (Å²) in [5.41, 5.74) is 3.76. The van der Waals surface area contributed by atoms with E-state index in [1.807, 2.05) is 60.8 Å². The molecule has 4 rings (SSSR count). The number of thioether (sulfide) groups is 1. The molecule has 2 heterocycles. The number of para-hydroxylation sites is 1. The Hall–Kier alpha value is -2.85. The molecule has 0 fully saturated rings. The molecule has 146 valence electrons. The summed E-state index contributed by atoms with van der Waals surface area (Å²) in [7, 11) is 0. The van der Waals surface area contributed by atoms with Gasteiger partial charge in [-0.05, 0) is 43.7 Å². The van der Waals surface area contributed by atoms with E-state index in [-0.39, 0.29) is 5.78 Å². The number of pyridine rings is 1. The highest BCUT2D eigenvalue weighted by atomic mass is 32.2. The van der Waals surface area contributed by atoms with Crippen LogP contribution in [0.15, 0.2) is 84.0 Å². The van der Waals surface area contributed by atoms with E-state index in [9.17, 15) is 4.79 Å². The maximum absolute atomic E-state index is 13.2. The summed E-state index contributed by atoms with van der Waals surface area (Å²) in [5.74, 6) is 1.15. The Morgan fingerprint density at radius 2 is 1.69 bits per heavy atom. The second-order valence-electron chi connectivity index (χ2n) is 7.05. The number of carbonyl (C=O) groups is 1. The van der Waals surface area contributed by atoms with E-state index in [4.69, 9.17) is 0 Å². The summed E-state index contributed by atoms with van der Waals surface area (Å²) in [6.07, 6.45) is 4.01. The lowest BCUT2D eigenvalue weighted by molar-refractivity contribution is 0.103. The maximum atomic E-state index is 13.2. The third-order valence-electron chi connectivity index (χ3n) is 5.16. The normalized spacial score (nSPS) is 11.1. The van der Waals surface area contributed by atoms with Crippen molar-refractivity contribution in [3.05, 3.63) is 95.8 Å². The Morgan fingerprint density at radius 3 is 2.48 bits per heavy atom. The van der Waals surface area contributed by atoms with Gasteiger partial charge in [-0.1, -0.05) is 54.6 Å². The monoisotopic (exact) mass is 400 g/mol. The predicted molar refractivity (Wildman–Crippen MR) is 121 cm³/mol. The molecule has 2 aromatic carbocycles. The smallest absolute Gasteiger partial charge is 0.195 e. The van der Waals surface area contributed by atoms with Gasteiger partial charge < -0.3 is 4.57 Å². The van der Waals surface area contributed by atoms with Crippen LogP contribution in [0.25, 0.3) is 10.9 Å². The molecule has 0 aliphatic carbocycles. The van der Waals surface area contributed by atoms with Gasteiger partial charge >= 0.3 is 0 Å². The minimum atomic E-state index is 0.101. The predicted octanol–water partition coefficient (Wildman–Crippen LogP) is 6.15. The first-order chi connectivity index (χ1) is 14.3. The summed E-state index contributed by atoms with van der Waals surface area (Å²) >= 11 is 1.80. The summed E-state index contributed by atoms with van der Waals surface area (Å²) in [6, 6.07) is 23.8. The molecule has 2 aromatic heterocycles. The van der Waals surface area contributed by atoms with Crippen LogP contribution < -0.4 is 0 Å². The second kappa shape index (κ2) is 9.10. The quantitative estimate of drug-likeness (QED) is 0.202. The molecule has 0 aliphatic heterocycles. The first kappa shape index (κ1) is 19.5. The Bertz CT molecular complexity index is 1100. The van der Waals surface area contributed by atoms with Gasteiger partial charge in [0.1, 0.15) is 0 Å². The number of hydrogen-bond acceptors (Lipinski definition) is 3. The molecule has 0 unspecified atom stereocenters. The number of fused-ring (bicyclic) bond motifs is 1. The van der Waals surface area contributed by atoms with E-state index < -0.39 is 0 Å². The third-order valence-corrected chi connectivity index (χ3v) is 6.19. The number of ketones is 1. The molecule has 0 spiro atoms. The van der Waals surface area contributed by atoms with Gasteiger partial charge in [0.25, 0.3) is 0 Å². The lowest BCUT2D eigenvalue weighted by Gasteiger charge is -2.09. The van der Waals surface area contributed by atoms with Crippen LogP contribution >= 0.6 is 11.8 Å². The molecule has 3 nitrogen and oxygen atoms in total.